The topological polar surface area (TPSA) is 24.9 Å². The van der Waals surface area contributed by atoms with Crippen LogP contribution >= 0.6 is 11.3 Å². The van der Waals surface area contributed by atoms with Gasteiger partial charge in [-0.1, -0.05) is 13.8 Å². The molecule has 0 unspecified atom stereocenters. The summed E-state index contributed by atoms with van der Waals surface area (Å²) in [5.41, 5.74) is 1.52. The van der Waals surface area contributed by atoms with E-state index in [2.05, 4.69) is 38.0 Å². The molecule has 1 saturated carbocycles. The van der Waals surface area contributed by atoms with E-state index in [4.69, 9.17) is 0 Å². The maximum absolute atomic E-state index is 4.63. The second-order valence-corrected chi connectivity index (χ2v) is 7.03. The normalized spacial score (nSPS) is 16.8. The van der Waals surface area contributed by atoms with Gasteiger partial charge in [0.05, 0.1) is 10.7 Å². The molecule has 0 spiro atoms. The van der Waals surface area contributed by atoms with Crippen LogP contribution in [0.15, 0.2) is 0 Å². The lowest BCUT2D eigenvalue weighted by atomic mass is 9.89. The molecule has 0 atom stereocenters. The predicted octanol–water partition coefficient (Wildman–Crippen LogP) is 3.08. The van der Waals surface area contributed by atoms with Gasteiger partial charge in [-0.25, -0.2) is 4.98 Å². The molecule has 1 aliphatic rings. The zero-order valence-electron chi connectivity index (χ0n) is 10.8. The standard InChI is InChI=1S/C13H22N2S/c1-9-10(2)16-12(15-9)7-13(3,4)8-14-11-5-6-11/h11,14H,5-8H2,1-4H3. The van der Waals surface area contributed by atoms with Crippen molar-refractivity contribution in [2.45, 2.75) is 53.0 Å². The zero-order valence-corrected chi connectivity index (χ0v) is 11.6. The van der Waals surface area contributed by atoms with Crippen LogP contribution in [-0.4, -0.2) is 17.6 Å². The Kier molecular flexibility index (Phi) is 3.36. The molecular weight excluding hydrogens is 216 g/mol. The van der Waals surface area contributed by atoms with Gasteiger partial charge in [0.2, 0.25) is 0 Å². The minimum Gasteiger partial charge on any atom is -0.313 e. The Bertz CT molecular complexity index is 345. The first-order valence-corrected chi connectivity index (χ1v) is 6.94. The highest BCUT2D eigenvalue weighted by atomic mass is 32.1. The molecule has 90 valence electrons. The van der Waals surface area contributed by atoms with E-state index in [1.165, 1.54) is 28.4 Å². The molecule has 1 aliphatic carbocycles. The molecule has 2 nitrogen and oxygen atoms in total. The van der Waals surface area contributed by atoms with Gasteiger partial charge in [0.15, 0.2) is 0 Å². The van der Waals surface area contributed by atoms with Gasteiger partial charge < -0.3 is 5.32 Å². The Morgan fingerprint density at radius 1 is 1.38 bits per heavy atom. The molecule has 1 fully saturated rings. The molecule has 3 heteroatoms. The van der Waals surface area contributed by atoms with Gasteiger partial charge >= 0.3 is 0 Å². The van der Waals surface area contributed by atoms with Crippen molar-refractivity contribution in [3.05, 3.63) is 15.6 Å². The summed E-state index contributed by atoms with van der Waals surface area (Å²) in [7, 11) is 0. The molecule has 0 aromatic carbocycles. The van der Waals surface area contributed by atoms with Crippen molar-refractivity contribution in [1.29, 1.82) is 0 Å². The van der Waals surface area contributed by atoms with Crippen molar-refractivity contribution in [2.75, 3.05) is 6.54 Å². The molecule has 1 aromatic rings. The van der Waals surface area contributed by atoms with E-state index in [-0.39, 0.29) is 0 Å². The molecule has 2 rings (SSSR count). The maximum atomic E-state index is 4.63. The molecule has 0 aliphatic heterocycles. The third kappa shape index (κ3) is 3.29. The molecule has 0 amide bonds. The highest BCUT2D eigenvalue weighted by molar-refractivity contribution is 7.11. The van der Waals surface area contributed by atoms with Crippen molar-refractivity contribution >= 4 is 11.3 Å². The van der Waals surface area contributed by atoms with Crippen molar-refractivity contribution in [3.63, 3.8) is 0 Å². The van der Waals surface area contributed by atoms with E-state index < -0.39 is 0 Å². The quantitative estimate of drug-likeness (QED) is 0.852. The Morgan fingerprint density at radius 3 is 2.56 bits per heavy atom. The molecular formula is C13H22N2S. The van der Waals surface area contributed by atoms with Crippen LogP contribution in [0, 0.1) is 19.3 Å². The number of rotatable bonds is 5. The van der Waals surface area contributed by atoms with Gasteiger partial charge in [0.25, 0.3) is 0 Å². The fraction of sp³-hybridized carbons (Fsp3) is 0.769. The zero-order chi connectivity index (χ0) is 11.8. The van der Waals surface area contributed by atoms with Crippen molar-refractivity contribution in [3.8, 4) is 0 Å². The van der Waals surface area contributed by atoms with Gasteiger partial charge in [-0.05, 0) is 32.1 Å². The number of nitrogens with one attached hydrogen (secondary N) is 1. The van der Waals surface area contributed by atoms with Crippen molar-refractivity contribution in [1.82, 2.24) is 10.3 Å². The molecule has 0 saturated heterocycles. The largest absolute Gasteiger partial charge is 0.313 e. The van der Waals surface area contributed by atoms with E-state index >= 15 is 0 Å². The van der Waals surface area contributed by atoms with Gasteiger partial charge in [0.1, 0.15) is 0 Å². The Hall–Kier alpha value is -0.410. The SMILES string of the molecule is Cc1nc(CC(C)(C)CNC2CC2)sc1C. The summed E-state index contributed by atoms with van der Waals surface area (Å²) < 4.78 is 0. The van der Waals surface area contributed by atoms with E-state index in [1.807, 2.05) is 11.3 Å². The summed E-state index contributed by atoms with van der Waals surface area (Å²) in [6.45, 7) is 10.0. The van der Waals surface area contributed by atoms with E-state index in [1.54, 1.807) is 0 Å². The molecule has 1 aromatic heterocycles. The van der Waals surface area contributed by atoms with Crippen LogP contribution in [0.2, 0.25) is 0 Å². The van der Waals surface area contributed by atoms with Crippen LogP contribution < -0.4 is 5.32 Å². The highest BCUT2D eigenvalue weighted by Gasteiger charge is 2.26. The molecule has 0 radical (unpaired) electrons. The third-order valence-corrected chi connectivity index (χ3v) is 4.22. The first kappa shape index (κ1) is 12.1. The molecule has 1 heterocycles. The van der Waals surface area contributed by atoms with E-state index in [0.717, 1.165) is 19.0 Å². The van der Waals surface area contributed by atoms with Crippen LogP contribution in [0.1, 0.15) is 42.3 Å². The number of thiazole rings is 1. The van der Waals surface area contributed by atoms with Crippen LogP contribution in [0.25, 0.3) is 0 Å². The van der Waals surface area contributed by atoms with Gasteiger partial charge in [-0.3, -0.25) is 0 Å². The summed E-state index contributed by atoms with van der Waals surface area (Å²) in [6.07, 6.45) is 3.82. The summed E-state index contributed by atoms with van der Waals surface area (Å²) in [5, 5.41) is 4.90. The predicted molar refractivity (Wildman–Crippen MR) is 70.1 cm³/mol. The average molecular weight is 238 g/mol. The van der Waals surface area contributed by atoms with Crippen LogP contribution in [0.5, 0.6) is 0 Å². The van der Waals surface area contributed by atoms with Gasteiger partial charge in [0, 0.05) is 23.9 Å². The van der Waals surface area contributed by atoms with Gasteiger partial charge in [-0.15, -0.1) is 11.3 Å². The summed E-state index contributed by atoms with van der Waals surface area (Å²) >= 11 is 1.85. The number of hydrogen-bond donors (Lipinski definition) is 1. The average Bonchev–Trinajstić information content (AvgIpc) is 2.92. The van der Waals surface area contributed by atoms with Crippen LogP contribution in [0.3, 0.4) is 0 Å². The van der Waals surface area contributed by atoms with Crippen LogP contribution in [-0.2, 0) is 6.42 Å². The number of hydrogen-bond acceptors (Lipinski definition) is 3. The number of aryl methyl sites for hydroxylation is 2. The van der Waals surface area contributed by atoms with E-state index in [0.29, 0.717) is 5.41 Å². The van der Waals surface area contributed by atoms with Crippen molar-refractivity contribution in [2.24, 2.45) is 5.41 Å². The number of aromatic nitrogens is 1. The second kappa shape index (κ2) is 4.46. The van der Waals surface area contributed by atoms with E-state index in [9.17, 15) is 0 Å². The fourth-order valence-corrected chi connectivity index (χ4v) is 2.99. The second-order valence-electron chi connectivity index (χ2n) is 5.75. The minimum atomic E-state index is 0.319. The molecule has 1 N–H and O–H groups in total. The first-order chi connectivity index (χ1) is 7.46. The highest BCUT2D eigenvalue weighted by Crippen LogP contribution is 2.27. The maximum Gasteiger partial charge on any atom is 0.0936 e. The Morgan fingerprint density at radius 2 is 2.06 bits per heavy atom. The minimum absolute atomic E-state index is 0.319. The lowest BCUT2D eigenvalue weighted by Gasteiger charge is -2.23. The fourth-order valence-electron chi connectivity index (χ4n) is 1.79. The summed E-state index contributed by atoms with van der Waals surface area (Å²) in [6, 6.07) is 0.805. The smallest absolute Gasteiger partial charge is 0.0936 e. The molecule has 0 bridgehead atoms. The Labute approximate surface area is 102 Å². The Balaban J connectivity index is 1.90. The van der Waals surface area contributed by atoms with Crippen molar-refractivity contribution < 1.29 is 0 Å². The first-order valence-electron chi connectivity index (χ1n) is 6.12. The number of nitrogens with zero attached hydrogens (tertiary/aromatic N) is 1. The monoisotopic (exact) mass is 238 g/mol. The van der Waals surface area contributed by atoms with Gasteiger partial charge in [-0.2, -0.15) is 0 Å². The summed E-state index contributed by atoms with van der Waals surface area (Å²) in [5.74, 6) is 0. The summed E-state index contributed by atoms with van der Waals surface area (Å²) in [4.78, 5) is 5.99. The third-order valence-electron chi connectivity index (χ3n) is 3.15. The van der Waals surface area contributed by atoms with Crippen LogP contribution in [0.4, 0.5) is 0 Å². The molecule has 16 heavy (non-hydrogen) atoms. The lowest BCUT2D eigenvalue weighted by molar-refractivity contribution is 0.336. The lowest BCUT2D eigenvalue weighted by Crippen LogP contribution is -2.32.